The Morgan fingerprint density at radius 2 is 2.12 bits per heavy atom. The van der Waals surface area contributed by atoms with Crippen LogP contribution < -0.4 is 11.3 Å². The maximum atomic E-state index is 5.77. The second kappa shape index (κ2) is 5.01. The third-order valence-corrected chi connectivity index (χ3v) is 5.57. The van der Waals surface area contributed by atoms with Crippen LogP contribution in [-0.2, 0) is 0 Å². The highest BCUT2D eigenvalue weighted by Crippen LogP contribution is 2.52. The third-order valence-electron chi connectivity index (χ3n) is 4.09. The lowest BCUT2D eigenvalue weighted by molar-refractivity contribution is 0.444. The van der Waals surface area contributed by atoms with Gasteiger partial charge in [0.1, 0.15) is 0 Å². The molecule has 17 heavy (non-hydrogen) atoms. The number of rotatable bonds is 4. The number of thioether (sulfide) groups is 1. The lowest BCUT2D eigenvalue weighted by Crippen LogP contribution is -2.43. The molecule has 1 aromatic carbocycles. The van der Waals surface area contributed by atoms with Gasteiger partial charge in [-0.1, -0.05) is 30.3 Å². The molecule has 2 nitrogen and oxygen atoms in total. The highest BCUT2D eigenvalue weighted by Gasteiger charge is 2.46. The Hall–Kier alpha value is -0.510. The van der Waals surface area contributed by atoms with Crippen LogP contribution in [0.2, 0.25) is 0 Å². The fraction of sp³-hybridized carbons (Fsp3) is 0.571. The molecule has 3 rings (SSSR count). The number of hydrazine groups is 1. The number of nitrogens with one attached hydrogen (secondary N) is 1. The third kappa shape index (κ3) is 2.37. The zero-order valence-corrected chi connectivity index (χ0v) is 10.8. The second-order valence-electron chi connectivity index (χ2n) is 5.16. The van der Waals surface area contributed by atoms with E-state index >= 15 is 0 Å². The quantitative estimate of drug-likeness (QED) is 0.635. The van der Waals surface area contributed by atoms with Gasteiger partial charge in [-0.15, -0.1) is 0 Å². The minimum atomic E-state index is 0.507. The molecule has 0 bridgehead atoms. The van der Waals surface area contributed by atoms with Gasteiger partial charge in [-0.05, 0) is 42.4 Å². The molecule has 4 unspecified atom stereocenters. The monoisotopic (exact) mass is 248 g/mol. The summed E-state index contributed by atoms with van der Waals surface area (Å²) in [5.41, 5.74) is 4.57. The van der Waals surface area contributed by atoms with E-state index in [2.05, 4.69) is 47.5 Å². The first-order valence-electron chi connectivity index (χ1n) is 6.53. The molecule has 3 N–H and O–H groups in total. The van der Waals surface area contributed by atoms with Gasteiger partial charge in [0.15, 0.2) is 0 Å². The molecule has 1 aliphatic carbocycles. The summed E-state index contributed by atoms with van der Waals surface area (Å²) in [4.78, 5) is 0. The van der Waals surface area contributed by atoms with E-state index in [0.29, 0.717) is 6.04 Å². The topological polar surface area (TPSA) is 38.0 Å². The zero-order chi connectivity index (χ0) is 11.7. The summed E-state index contributed by atoms with van der Waals surface area (Å²) in [7, 11) is 0. The maximum Gasteiger partial charge on any atom is 0.0363 e. The van der Waals surface area contributed by atoms with Gasteiger partial charge in [0.05, 0.1) is 0 Å². The largest absolute Gasteiger partial charge is 0.271 e. The van der Waals surface area contributed by atoms with Gasteiger partial charge < -0.3 is 0 Å². The van der Waals surface area contributed by atoms with Gasteiger partial charge >= 0.3 is 0 Å². The van der Waals surface area contributed by atoms with E-state index in [-0.39, 0.29) is 0 Å². The molecule has 1 saturated heterocycles. The molecule has 0 amide bonds. The zero-order valence-electron chi connectivity index (χ0n) is 10.0. The van der Waals surface area contributed by atoms with Crippen LogP contribution in [0.4, 0.5) is 0 Å². The molecule has 92 valence electrons. The molecule has 1 aromatic rings. The van der Waals surface area contributed by atoms with Gasteiger partial charge in [-0.2, -0.15) is 11.8 Å². The van der Waals surface area contributed by atoms with Crippen molar-refractivity contribution < 1.29 is 0 Å². The molecular weight excluding hydrogens is 228 g/mol. The van der Waals surface area contributed by atoms with Crippen molar-refractivity contribution in [2.75, 3.05) is 5.75 Å². The van der Waals surface area contributed by atoms with E-state index in [4.69, 9.17) is 5.84 Å². The van der Waals surface area contributed by atoms with Gasteiger partial charge in [0.25, 0.3) is 0 Å². The molecular formula is C14H20N2S. The van der Waals surface area contributed by atoms with Gasteiger partial charge in [0, 0.05) is 11.3 Å². The molecule has 2 aliphatic rings. The first-order valence-corrected chi connectivity index (χ1v) is 7.57. The predicted molar refractivity (Wildman–Crippen MR) is 73.9 cm³/mol. The lowest BCUT2D eigenvalue weighted by Gasteiger charge is -2.22. The molecule has 0 aromatic heterocycles. The minimum Gasteiger partial charge on any atom is -0.271 e. The van der Waals surface area contributed by atoms with Crippen molar-refractivity contribution in [2.45, 2.75) is 36.5 Å². The van der Waals surface area contributed by atoms with Crippen LogP contribution in [0.5, 0.6) is 0 Å². The van der Waals surface area contributed by atoms with Crippen molar-refractivity contribution >= 4 is 11.8 Å². The highest BCUT2D eigenvalue weighted by atomic mass is 32.2. The smallest absolute Gasteiger partial charge is 0.0363 e. The summed E-state index contributed by atoms with van der Waals surface area (Å²) in [6, 6.07) is 11.4. The van der Waals surface area contributed by atoms with Crippen LogP contribution in [0.25, 0.3) is 0 Å². The summed E-state index contributed by atoms with van der Waals surface area (Å²) < 4.78 is 0. The normalized spacial score (nSPS) is 33.6. The summed E-state index contributed by atoms with van der Waals surface area (Å²) >= 11 is 2.10. The van der Waals surface area contributed by atoms with Crippen LogP contribution >= 0.6 is 11.8 Å². The van der Waals surface area contributed by atoms with Crippen molar-refractivity contribution in [2.24, 2.45) is 11.8 Å². The molecule has 0 spiro atoms. The molecule has 4 atom stereocenters. The average molecular weight is 248 g/mol. The fourth-order valence-electron chi connectivity index (χ4n) is 3.09. The number of hydrogen-bond acceptors (Lipinski definition) is 3. The Morgan fingerprint density at radius 1 is 1.29 bits per heavy atom. The van der Waals surface area contributed by atoms with Crippen molar-refractivity contribution in [3.63, 3.8) is 0 Å². The lowest BCUT2D eigenvalue weighted by atomic mass is 10.0. The van der Waals surface area contributed by atoms with Crippen molar-refractivity contribution in [1.29, 1.82) is 0 Å². The van der Waals surface area contributed by atoms with E-state index in [1.807, 2.05) is 0 Å². The fourth-order valence-corrected chi connectivity index (χ4v) is 4.54. The summed E-state index contributed by atoms with van der Waals surface area (Å²) in [6.45, 7) is 0. The Bertz CT molecular complexity index is 362. The first kappa shape index (κ1) is 11.6. The highest BCUT2D eigenvalue weighted by molar-refractivity contribution is 8.00. The molecule has 1 saturated carbocycles. The first-order chi connectivity index (χ1) is 8.40. The van der Waals surface area contributed by atoms with Crippen molar-refractivity contribution in [3.8, 4) is 0 Å². The Labute approximate surface area is 107 Å². The Kier molecular flexibility index (Phi) is 3.41. The number of hydrogen-bond donors (Lipinski definition) is 2. The molecule has 1 heterocycles. The van der Waals surface area contributed by atoms with Crippen molar-refractivity contribution in [1.82, 2.24) is 5.43 Å². The van der Waals surface area contributed by atoms with Crippen LogP contribution in [0.1, 0.15) is 30.7 Å². The van der Waals surface area contributed by atoms with Crippen LogP contribution in [0.15, 0.2) is 30.3 Å². The van der Waals surface area contributed by atoms with E-state index in [1.54, 1.807) is 0 Å². The number of nitrogens with two attached hydrogens (primary N) is 1. The standard InChI is InChI=1S/C14H20N2S/c15-16-14(13-7-4-8-17-13)12-9-11(12)10-5-2-1-3-6-10/h1-3,5-6,11-14,16H,4,7-9,15H2. The average Bonchev–Trinajstić information content (AvgIpc) is 2.97. The predicted octanol–water partition coefficient (Wildman–Crippen LogP) is 2.52. The molecule has 3 heteroatoms. The second-order valence-corrected chi connectivity index (χ2v) is 6.51. The van der Waals surface area contributed by atoms with Gasteiger partial charge in [-0.3, -0.25) is 11.3 Å². The van der Waals surface area contributed by atoms with E-state index in [9.17, 15) is 0 Å². The summed E-state index contributed by atoms with van der Waals surface area (Å²) in [5, 5.41) is 0.735. The Balaban J connectivity index is 1.66. The summed E-state index contributed by atoms with van der Waals surface area (Å²) in [5.74, 6) is 8.56. The minimum absolute atomic E-state index is 0.507. The maximum absolute atomic E-state index is 5.77. The summed E-state index contributed by atoms with van der Waals surface area (Å²) in [6.07, 6.45) is 3.99. The Morgan fingerprint density at radius 3 is 2.76 bits per heavy atom. The van der Waals surface area contributed by atoms with Crippen LogP contribution in [-0.4, -0.2) is 17.0 Å². The van der Waals surface area contributed by atoms with Gasteiger partial charge in [-0.25, -0.2) is 0 Å². The van der Waals surface area contributed by atoms with E-state index in [1.165, 1.54) is 30.6 Å². The van der Waals surface area contributed by atoms with Crippen LogP contribution in [0.3, 0.4) is 0 Å². The van der Waals surface area contributed by atoms with Gasteiger partial charge in [0.2, 0.25) is 0 Å². The molecule has 1 aliphatic heterocycles. The van der Waals surface area contributed by atoms with Crippen LogP contribution in [0, 0.1) is 5.92 Å². The SMILES string of the molecule is NNC(C1CCCS1)C1CC1c1ccccc1. The number of benzene rings is 1. The van der Waals surface area contributed by atoms with E-state index < -0.39 is 0 Å². The molecule has 2 fully saturated rings. The van der Waals surface area contributed by atoms with Crippen molar-refractivity contribution in [3.05, 3.63) is 35.9 Å². The van der Waals surface area contributed by atoms with E-state index in [0.717, 1.165) is 17.1 Å². The molecule has 0 radical (unpaired) electrons.